The van der Waals surface area contributed by atoms with E-state index < -0.39 is 0 Å². The Morgan fingerprint density at radius 2 is 2.33 bits per heavy atom. The molecule has 2 nitrogen and oxygen atoms in total. The fraction of sp³-hybridized carbons (Fsp3) is 0.500. The summed E-state index contributed by atoms with van der Waals surface area (Å²) in [4.78, 5) is 0. The third-order valence-electron chi connectivity index (χ3n) is 3.56. The van der Waals surface area contributed by atoms with Crippen LogP contribution in [0.25, 0.3) is 0 Å². The lowest BCUT2D eigenvalue weighted by Gasteiger charge is -2.16. The lowest BCUT2D eigenvalue weighted by Crippen LogP contribution is -2.23. The maximum atomic E-state index is 9.17. The number of rotatable bonds is 3. The summed E-state index contributed by atoms with van der Waals surface area (Å²) in [6.45, 7) is 2.78. The van der Waals surface area contributed by atoms with Crippen molar-refractivity contribution in [3.8, 4) is 0 Å². The fourth-order valence-corrected chi connectivity index (χ4v) is 2.42. The molecule has 1 fully saturated rings. The van der Waals surface area contributed by atoms with Crippen LogP contribution in [0.3, 0.4) is 0 Å². The maximum absolute atomic E-state index is 9.17. The Kier molecular flexibility index (Phi) is 2.75. The van der Waals surface area contributed by atoms with E-state index in [1.807, 2.05) is 19.1 Å². The van der Waals surface area contributed by atoms with E-state index in [1.165, 1.54) is 5.56 Å². The molecule has 0 aromatic heterocycles. The van der Waals surface area contributed by atoms with Crippen molar-refractivity contribution in [2.75, 3.05) is 13.2 Å². The van der Waals surface area contributed by atoms with Crippen LogP contribution in [0.2, 0.25) is 5.02 Å². The Morgan fingerprint density at radius 3 is 2.80 bits per heavy atom. The maximum Gasteiger partial charge on any atom is 0.0468 e. The van der Waals surface area contributed by atoms with Crippen LogP contribution >= 0.6 is 11.6 Å². The van der Waals surface area contributed by atoms with Gasteiger partial charge in [-0.25, -0.2) is 0 Å². The van der Waals surface area contributed by atoms with Gasteiger partial charge in [0.2, 0.25) is 0 Å². The molecule has 0 saturated heterocycles. The van der Waals surface area contributed by atoms with Gasteiger partial charge in [0.25, 0.3) is 0 Å². The molecule has 1 aromatic carbocycles. The van der Waals surface area contributed by atoms with Crippen LogP contribution in [-0.4, -0.2) is 18.3 Å². The summed E-state index contributed by atoms with van der Waals surface area (Å²) in [6, 6.07) is 6.07. The van der Waals surface area contributed by atoms with E-state index in [4.69, 9.17) is 22.4 Å². The Morgan fingerprint density at radius 1 is 1.60 bits per heavy atom. The van der Waals surface area contributed by atoms with Gasteiger partial charge in [-0.15, -0.1) is 0 Å². The van der Waals surface area contributed by atoms with Crippen molar-refractivity contribution in [2.24, 2.45) is 11.7 Å². The Balaban J connectivity index is 2.33. The molecule has 0 bridgehead atoms. The Bertz CT molecular complexity index is 380. The monoisotopic (exact) mass is 225 g/mol. The number of benzene rings is 1. The van der Waals surface area contributed by atoms with Crippen molar-refractivity contribution in [3.05, 3.63) is 34.3 Å². The van der Waals surface area contributed by atoms with Gasteiger partial charge in [0, 0.05) is 23.6 Å². The van der Waals surface area contributed by atoms with Gasteiger partial charge < -0.3 is 10.8 Å². The van der Waals surface area contributed by atoms with Gasteiger partial charge in [0.15, 0.2) is 0 Å². The molecule has 0 amide bonds. The van der Waals surface area contributed by atoms with E-state index in [0.717, 1.165) is 17.0 Å². The molecule has 1 saturated carbocycles. The third-order valence-corrected chi connectivity index (χ3v) is 3.97. The molecule has 1 aromatic rings. The number of nitrogens with two attached hydrogens (primary N) is 1. The SMILES string of the molecule is Cc1ccc([C@]2(CN)C[C@H]2CO)cc1Cl. The summed E-state index contributed by atoms with van der Waals surface area (Å²) >= 11 is 6.09. The molecule has 2 atom stereocenters. The van der Waals surface area contributed by atoms with Crippen LogP contribution in [0.5, 0.6) is 0 Å². The zero-order valence-corrected chi connectivity index (χ0v) is 9.59. The number of aryl methyl sites for hydroxylation is 1. The number of aliphatic hydroxyl groups excluding tert-OH is 1. The van der Waals surface area contributed by atoms with Gasteiger partial charge in [-0.2, -0.15) is 0 Å². The molecule has 1 aliphatic carbocycles. The van der Waals surface area contributed by atoms with E-state index in [0.29, 0.717) is 12.5 Å². The third kappa shape index (κ3) is 1.67. The van der Waals surface area contributed by atoms with E-state index in [9.17, 15) is 0 Å². The van der Waals surface area contributed by atoms with Crippen molar-refractivity contribution in [1.82, 2.24) is 0 Å². The second-order valence-corrected chi connectivity index (χ2v) is 4.82. The first-order chi connectivity index (χ1) is 7.14. The van der Waals surface area contributed by atoms with Crippen molar-refractivity contribution in [2.45, 2.75) is 18.8 Å². The van der Waals surface area contributed by atoms with Gasteiger partial charge in [-0.05, 0) is 36.5 Å². The van der Waals surface area contributed by atoms with Gasteiger partial charge in [-0.1, -0.05) is 23.7 Å². The van der Waals surface area contributed by atoms with Crippen molar-refractivity contribution in [3.63, 3.8) is 0 Å². The lowest BCUT2D eigenvalue weighted by atomic mass is 9.93. The minimum atomic E-state index is -0.0217. The molecule has 0 radical (unpaired) electrons. The van der Waals surface area contributed by atoms with Gasteiger partial charge >= 0.3 is 0 Å². The predicted molar refractivity (Wildman–Crippen MR) is 62.1 cm³/mol. The molecule has 0 aliphatic heterocycles. The van der Waals surface area contributed by atoms with E-state index in [1.54, 1.807) is 0 Å². The Labute approximate surface area is 95.1 Å². The topological polar surface area (TPSA) is 46.2 Å². The number of aliphatic hydroxyl groups is 1. The molecule has 82 valence electrons. The van der Waals surface area contributed by atoms with Crippen molar-refractivity contribution >= 4 is 11.6 Å². The lowest BCUT2D eigenvalue weighted by molar-refractivity contribution is 0.264. The van der Waals surface area contributed by atoms with Gasteiger partial charge in [-0.3, -0.25) is 0 Å². The highest BCUT2D eigenvalue weighted by Crippen LogP contribution is 2.53. The average Bonchev–Trinajstić information content (AvgIpc) is 2.97. The highest BCUT2D eigenvalue weighted by atomic mass is 35.5. The average molecular weight is 226 g/mol. The normalized spacial score (nSPS) is 29.2. The first-order valence-electron chi connectivity index (χ1n) is 5.21. The first kappa shape index (κ1) is 10.9. The van der Waals surface area contributed by atoms with Crippen LogP contribution < -0.4 is 5.73 Å². The highest BCUT2D eigenvalue weighted by Gasteiger charge is 2.53. The predicted octanol–water partition coefficient (Wildman–Crippen LogP) is 1.86. The quantitative estimate of drug-likeness (QED) is 0.825. The Hall–Kier alpha value is -0.570. The van der Waals surface area contributed by atoms with Crippen LogP contribution in [0.1, 0.15) is 17.5 Å². The number of hydrogen-bond acceptors (Lipinski definition) is 2. The second kappa shape index (κ2) is 3.78. The molecule has 15 heavy (non-hydrogen) atoms. The van der Waals surface area contributed by atoms with Crippen LogP contribution in [0.15, 0.2) is 18.2 Å². The summed E-state index contributed by atoms with van der Waals surface area (Å²) in [5, 5.41) is 9.95. The minimum Gasteiger partial charge on any atom is -0.396 e. The van der Waals surface area contributed by atoms with Gasteiger partial charge in [0.1, 0.15) is 0 Å². The number of halogens is 1. The van der Waals surface area contributed by atoms with E-state index in [2.05, 4.69) is 6.07 Å². The highest BCUT2D eigenvalue weighted by molar-refractivity contribution is 6.31. The smallest absolute Gasteiger partial charge is 0.0468 e. The summed E-state index contributed by atoms with van der Waals surface area (Å²) in [5.74, 6) is 0.307. The van der Waals surface area contributed by atoms with Crippen molar-refractivity contribution in [1.29, 1.82) is 0 Å². The number of hydrogen-bond donors (Lipinski definition) is 2. The fourth-order valence-electron chi connectivity index (χ4n) is 2.24. The standard InChI is InChI=1S/C12H16ClNO/c1-8-2-3-9(4-11(8)13)12(7-14)5-10(12)6-15/h2-4,10,15H,5-7,14H2,1H3/t10-,12+/m0/s1. The van der Waals surface area contributed by atoms with Crippen molar-refractivity contribution < 1.29 is 5.11 Å². The molecule has 0 unspecified atom stereocenters. The van der Waals surface area contributed by atoms with Crippen LogP contribution in [0, 0.1) is 12.8 Å². The minimum absolute atomic E-state index is 0.0217. The van der Waals surface area contributed by atoms with Crippen LogP contribution in [-0.2, 0) is 5.41 Å². The molecule has 0 heterocycles. The molecular weight excluding hydrogens is 210 g/mol. The van der Waals surface area contributed by atoms with Crippen LogP contribution in [0.4, 0.5) is 0 Å². The summed E-state index contributed by atoms with van der Waals surface area (Å²) in [6.07, 6.45) is 0.972. The van der Waals surface area contributed by atoms with E-state index in [-0.39, 0.29) is 12.0 Å². The zero-order valence-electron chi connectivity index (χ0n) is 8.83. The summed E-state index contributed by atoms with van der Waals surface area (Å²) in [5.41, 5.74) is 8.02. The summed E-state index contributed by atoms with van der Waals surface area (Å²) in [7, 11) is 0. The van der Waals surface area contributed by atoms with E-state index >= 15 is 0 Å². The molecule has 3 N–H and O–H groups in total. The second-order valence-electron chi connectivity index (χ2n) is 4.41. The zero-order chi connectivity index (χ0) is 11.1. The van der Waals surface area contributed by atoms with Gasteiger partial charge in [0.05, 0.1) is 0 Å². The molecular formula is C12H16ClNO. The summed E-state index contributed by atoms with van der Waals surface area (Å²) < 4.78 is 0. The molecule has 2 rings (SSSR count). The molecule has 3 heteroatoms. The molecule has 1 aliphatic rings. The largest absolute Gasteiger partial charge is 0.396 e. The molecule has 0 spiro atoms. The first-order valence-corrected chi connectivity index (χ1v) is 5.59.